The van der Waals surface area contributed by atoms with Crippen LogP contribution >= 0.6 is 12.3 Å². The Morgan fingerprint density at radius 2 is 0.875 bits per heavy atom. The fourth-order valence-corrected chi connectivity index (χ4v) is 5.08. The average Bonchev–Trinajstić information content (AvgIpc) is 2.53. The van der Waals surface area contributed by atoms with Crippen molar-refractivity contribution in [1.82, 2.24) is 0 Å². The molecule has 26 heteroatoms. The van der Waals surface area contributed by atoms with Crippen LogP contribution in [-0.4, -0.2) is 97.6 Å². The van der Waals surface area contributed by atoms with Gasteiger partial charge in [0.15, 0.2) is 12.3 Å². The summed E-state index contributed by atoms with van der Waals surface area (Å²) in [6.45, 7) is 0. The molecule has 0 saturated heterocycles. The van der Waals surface area contributed by atoms with E-state index in [0.717, 1.165) is 0 Å². The molecule has 192 valence electrons. The van der Waals surface area contributed by atoms with Crippen LogP contribution in [0.25, 0.3) is 0 Å². The van der Waals surface area contributed by atoms with Gasteiger partial charge < -0.3 is 4.55 Å². The van der Waals surface area contributed by atoms with E-state index >= 15 is 0 Å². The molecule has 0 aromatic heterocycles. The maximum atomic E-state index is 11.2. The van der Waals surface area contributed by atoms with Crippen molar-refractivity contribution >= 4 is 66.2 Å². The molecule has 5 unspecified atom stereocenters. The molecule has 0 aliphatic heterocycles. The summed E-state index contributed by atoms with van der Waals surface area (Å²) in [7, 11) is -17.1. The van der Waals surface area contributed by atoms with E-state index in [1.165, 1.54) is 0 Å². The van der Waals surface area contributed by atoms with Gasteiger partial charge >= 0.3 is 53.9 Å². The molecule has 1 fully saturated rings. The molecule has 1 aliphatic rings. The average molecular weight is 597 g/mol. The smallest absolute Gasteiger partial charge is 0.307 e. The highest BCUT2D eigenvalue weighted by molar-refractivity contribution is 7.88. The van der Waals surface area contributed by atoms with Gasteiger partial charge in [0.1, 0.15) is 36.6 Å². The van der Waals surface area contributed by atoms with Crippen LogP contribution in [0.2, 0.25) is 0 Å². The standard InChI is InChI=1S/C6H12O20S6/c7-27-21-1-2(22-28(8)9)3(23-29(10)11)5(25-31(15,16)17)6(26-32(18,19)20)4(1)24-30(12,13)14/h1-7H,(H,8,9)(H,10,11)(H,12,13,14)(H,15,16,17)(H,18,19,20)/t1?,2-,3-,4-,5?,6?/m0/s1. The largest absolute Gasteiger partial charge is 0.397 e. The highest BCUT2D eigenvalue weighted by Gasteiger charge is 2.60. The van der Waals surface area contributed by atoms with E-state index in [0.29, 0.717) is 0 Å². The molecule has 0 aromatic rings. The number of hydrogen-bond donors (Lipinski definition) is 6. The van der Waals surface area contributed by atoms with Crippen LogP contribution in [0.3, 0.4) is 0 Å². The van der Waals surface area contributed by atoms with Crippen LogP contribution in [0.1, 0.15) is 0 Å². The minimum atomic E-state index is -5.71. The zero-order chi connectivity index (χ0) is 25.1. The Morgan fingerprint density at radius 3 is 1.16 bits per heavy atom. The van der Waals surface area contributed by atoms with Gasteiger partial charge in [-0.15, -0.1) is 0 Å². The highest BCUT2D eigenvalue weighted by Crippen LogP contribution is 2.37. The molecule has 1 saturated carbocycles. The van der Waals surface area contributed by atoms with Crippen molar-refractivity contribution in [2.75, 3.05) is 0 Å². The van der Waals surface area contributed by atoms with Gasteiger partial charge in [0, 0.05) is 0 Å². The summed E-state index contributed by atoms with van der Waals surface area (Å²) < 4.78 is 169. The first-order valence-electron chi connectivity index (χ1n) is 6.84. The fourth-order valence-electron chi connectivity index (χ4n) is 2.44. The molecule has 6 N–H and O–H groups in total. The highest BCUT2D eigenvalue weighted by atomic mass is 32.3. The van der Waals surface area contributed by atoms with E-state index in [-0.39, 0.29) is 0 Å². The summed E-state index contributed by atoms with van der Waals surface area (Å²) >= 11 is -7.52. The van der Waals surface area contributed by atoms with Crippen molar-refractivity contribution in [3.05, 3.63) is 0 Å². The molecule has 0 aromatic carbocycles. The molecule has 1 rings (SSSR count). The maximum Gasteiger partial charge on any atom is 0.397 e. The Kier molecular flexibility index (Phi) is 10.9. The van der Waals surface area contributed by atoms with Gasteiger partial charge in [0.05, 0.1) is 0 Å². The van der Waals surface area contributed by atoms with Crippen LogP contribution in [0, 0.1) is 0 Å². The van der Waals surface area contributed by atoms with Crippen molar-refractivity contribution in [3.8, 4) is 0 Å². The van der Waals surface area contributed by atoms with Crippen LogP contribution in [0.4, 0.5) is 0 Å². The third-order valence-electron chi connectivity index (χ3n) is 3.18. The monoisotopic (exact) mass is 596 g/mol. The molecular weight excluding hydrogens is 584 g/mol. The molecule has 0 spiro atoms. The molecule has 0 heterocycles. The Hall–Kier alpha value is 0.0200. The predicted molar refractivity (Wildman–Crippen MR) is 95.6 cm³/mol. The van der Waals surface area contributed by atoms with Crippen LogP contribution in [0.15, 0.2) is 0 Å². The van der Waals surface area contributed by atoms with Crippen molar-refractivity contribution in [1.29, 1.82) is 0 Å². The number of rotatable bonds is 12. The zero-order valence-electron chi connectivity index (χ0n) is 14.3. The molecule has 8 atom stereocenters. The van der Waals surface area contributed by atoms with Crippen LogP contribution in [0.5, 0.6) is 0 Å². The summed E-state index contributed by atoms with van der Waals surface area (Å²) in [5.74, 6) is 0. The maximum absolute atomic E-state index is 11.2. The summed E-state index contributed by atoms with van der Waals surface area (Å²) in [4.78, 5) is 0. The second-order valence-electron chi connectivity index (χ2n) is 5.16. The van der Waals surface area contributed by atoms with Crippen LogP contribution < -0.4 is 0 Å². The first kappa shape index (κ1) is 30.1. The van der Waals surface area contributed by atoms with Gasteiger partial charge in [-0.2, -0.15) is 33.7 Å². The summed E-state index contributed by atoms with van der Waals surface area (Å²) in [5, 5.41) is 0. The van der Waals surface area contributed by atoms with Crippen molar-refractivity contribution in [2.45, 2.75) is 36.6 Å². The normalized spacial score (nSPS) is 31.8. The van der Waals surface area contributed by atoms with Crippen LogP contribution in [-0.2, 0) is 79.0 Å². The van der Waals surface area contributed by atoms with Gasteiger partial charge in [0.25, 0.3) is 0 Å². The third-order valence-corrected chi connectivity index (χ3v) is 5.66. The van der Waals surface area contributed by atoms with Gasteiger partial charge in [-0.05, 0) is 0 Å². The molecule has 0 radical (unpaired) electrons. The Morgan fingerprint density at radius 1 is 0.594 bits per heavy atom. The minimum Gasteiger partial charge on any atom is -0.307 e. The molecule has 0 amide bonds. The molecule has 0 bridgehead atoms. The van der Waals surface area contributed by atoms with Gasteiger partial charge in [-0.25, -0.2) is 12.5 Å². The SMILES string of the molecule is O=S(O)O[C@@H]1C(OS(=O)(=O)O)C(OS(=O)(=O)O)[C@@H](OS(=O)(=O)O)C(OSO)[C@@H]1OS(=O)O. The third kappa shape index (κ3) is 10.1. The lowest BCUT2D eigenvalue weighted by Crippen LogP contribution is -2.68. The topological polar surface area (TPSA) is 313 Å². The van der Waals surface area contributed by atoms with E-state index < -0.39 is 103 Å². The Balaban J connectivity index is 3.84. The molecular formula is C6H12O20S6. The molecule has 32 heavy (non-hydrogen) atoms. The lowest BCUT2D eigenvalue weighted by Gasteiger charge is -2.45. The van der Waals surface area contributed by atoms with Crippen molar-refractivity contribution < 1.29 is 86.1 Å². The fraction of sp³-hybridized carbons (Fsp3) is 1.00. The van der Waals surface area contributed by atoms with E-state index in [1.54, 1.807) is 0 Å². The second-order valence-corrected chi connectivity index (χ2v) is 9.90. The Bertz CT molecular complexity index is 999. The zero-order valence-corrected chi connectivity index (χ0v) is 19.2. The van der Waals surface area contributed by atoms with Crippen molar-refractivity contribution in [2.24, 2.45) is 0 Å². The second kappa shape index (κ2) is 11.6. The number of hydrogen-bond acceptors (Lipinski definition) is 16. The summed E-state index contributed by atoms with van der Waals surface area (Å²) in [6, 6.07) is 0. The first-order valence-corrected chi connectivity index (χ1v) is 13.7. The van der Waals surface area contributed by atoms with Gasteiger partial charge in [-0.1, -0.05) is 0 Å². The predicted octanol–water partition coefficient (Wildman–Crippen LogP) is -2.89. The van der Waals surface area contributed by atoms with E-state index in [9.17, 15) is 33.7 Å². The van der Waals surface area contributed by atoms with E-state index in [4.69, 9.17) is 27.3 Å². The van der Waals surface area contributed by atoms with Gasteiger partial charge in [0.2, 0.25) is 0 Å². The lowest BCUT2D eigenvalue weighted by molar-refractivity contribution is -0.180. The quantitative estimate of drug-likeness (QED) is 0.0747. The Labute approximate surface area is 188 Å². The van der Waals surface area contributed by atoms with E-state index in [1.807, 2.05) is 0 Å². The van der Waals surface area contributed by atoms with Gasteiger partial charge in [-0.3, -0.25) is 35.3 Å². The first-order chi connectivity index (χ1) is 14.3. The lowest BCUT2D eigenvalue weighted by atomic mass is 9.85. The van der Waals surface area contributed by atoms with Crippen molar-refractivity contribution in [3.63, 3.8) is 0 Å². The minimum absolute atomic E-state index is 0.663. The summed E-state index contributed by atoms with van der Waals surface area (Å²) in [5.41, 5.74) is 0. The summed E-state index contributed by atoms with van der Waals surface area (Å²) in [6.07, 6.45) is -16.0. The van der Waals surface area contributed by atoms with E-state index in [2.05, 4.69) is 25.1 Å². The molecule has 1 aliphatic carbocycles. The molecule has 20 nitrogen and oxygen atoms in total.